The highest BCUT2D eigenvalue weighted by atomic mass is 31.2. The number of carbonyl (C=O) groups excluding carboxylic acids is 2. The molecule has 0 bridgehead atoms. The third-order valence-electron chi connectivity index (χ3n) is 8.97. The average molecular weight is 844 g/mol. The van der Waals surface area contributed by atoms with Gasteiger partial charge in [-0.05, 0) is 83.5 Å². The number of allylic oxidation sites excluding steroid dienone is 16. The molecule has 9 nitrogen and oxygen atoms in total. The van der Waals surface area contributed by atoms with Crippen LogP contribution in [0.3, 0.4) is 0 Å². The second-order valence-electron chi connectivity index (χ2n) is 14.5. The molecule has 2 unspecified atom stereocenters. The molecule has 0 saturated heterocycles. The van der Waals surface area contributed by atoms with Crippen molar-refractivity contribution in [2.75, 3.05) is 26.4 Å². The van der Waals surface area contributed by atoms with E-state index in [1.165, 1.54) is 57.8 Å². The van der Waals surface area contributed by atoms with Gasteiger partial charge in [0.05, 0.1) is 13.2 Å². The smallest absolute Gasteiger partial charge is 0.462 e. The zero-order valence-electron chi connectivity index (χ0n) is 36.9. The molecule has 0 radical (unpaired) electrons. The normalized spacial score (nSPS) is 14.2. The number of carbonyl (C=O) groups is 2. The number of ether oxygens (including phenoxy) is 2. The van der Waals surface area contributed by atoms with Crippen molar-refractivity contribution < 1.29 is 37.6 Å². The Morgan fingerprint density at radius 1 is 0.525 bits per heavy atom. The van der Waals surface area contributed by atoms with Crippen LogP contribution in [0.1, 0.15) is 168 Å². The molecule has 0 fully saturated rings. The van der Waals surface area contributed by atoms with Gasteiger partial charge in [0.2, 0.25) is 0 Å². The quantitative estimate of drug-likeness (QED) is 0.0267. The molecule has 3 N–H and O–H groups in total. The molecule has 0 spiro atoms. The van der Waals surface area contributed by atoms with Crippen LogP contribution in [0.15, 0.2) is 97.2 Å². The van der Waals surface area contributed by atoms with E-state index in [9.17, 15) is 19.0 Å². The fourth-order valence-electron chi connectivity index (χ4n) is 5.63. The third-order valence-corrected chi connectivity index (χ3v) is 9.95. The minimum Gasteiger partial charge on any atom is -0.462 e. The largest absolute Gasteiger partial charge is 0.472 e. The van der Waals surface area contributed by atoms with Crippen molar-refractivity contribution in [3.63, 3.8) is 0 Å². The molecular formula is C49H82NO8P. The van der Waals surface area contributed by atoms with Crippen LogP contribution in [0.25, 0.3) is 0 Å². The molecular weight excluding hydrogens is 762 g/mol. The van der Waals surface area contributed by atoms with E-state index in [0.717, 1.165) is 70.6 Å². The average Bonchev–Trinajstić information content (AvgIpc) is 3.22. The molecule has 336 valence electrons. The molecule has 0 aromatic heterocycles. The number of esters is 2. The summed E-state index contributed by atoms with van der Waals surface area (Å²) < 4.78 is 32.7. The number of hydrogen-bond donors (Lipinski definition) is 2. The molecule has 10 heteroatoms. The minimum absolute atomic E-state index is 0.0380. The first kappa shape index (κ1) is 55.9. The highest BCUT2D eigenvalue weighted by molar-refractivity contribution is 7.47. The summed E-state index contributed by atoms with van der Waals surface area (Å²) >= 11 is 0. The van der Waals surface area contributed by atoms with Gasteiger partial charge in [-0.1, -0.05) is 169 Å². The van der Waals surface area contributed by atoms with Crippen LogP contribution in [-0.4, -0.2) is 49.3 Å². The Balaban J connectivity index is 4.27. The lowest BCUT2D eigenvalue weighted by molar-refractivity contribution is -0.161. The van der Waals surface area contributed by atoms with Crippen molar-refractivity contribution in [1.29, 1.82) is 0 Å². The Bertz CT molecular complexity index is 1280. The van der Waals surface area contributed by atoms with E-state index in [1.807, 2.05) is 12.2 Å². The van der Waals surface area contributed by atoms with Gasteiger partial charge in [-0.25, -0.2) is 4.57 Å². The summed E-state index contributed by atoms with van der Waals surface area (Å²) in [6.45, 7) is 3.49. The van der Waals surface area contributed by atoms with Crippen LogP contribution in [0.5, 0.6) is 0 Å². The van der Waals surface area contributed by atoms with Crippen molar-refractivity contribution in [3.05, 3.63) is 97.2 Å². The van der Waals surface area contributed by atoms with Crippen molar-refractivity contribution in [2.24, 2.45) is 5.73 Å². The Morgan fingerprint density at radius 2 is 0.966 bits per heavy atom. The van der Waals surface area contributed by atoms with Gasteiger partial charge in [0, 0.05) is 19.4 Å². The second-order valence-corrected chi connectivity index (χ2v) is 16.0. The SMILES string of the molecule is CCC=CCC=CCC=CCC=CCC=CCC=CCCC(=O)OCC(COP(=O)(O)OCCN)OC(=O)CCCCCCCCCCCC=CCC=CCCCCC. The molecule has 0 aromatic rings. The predicted octanol–water partition coefficient (Wildman–Crippen LogP) is 13.4. The van der Waals surface area contributed by atoms with Crippen LogP contribution in [0.2, 0.25) is 0 Å². The highest BCUT2D eigenvalue weighted by Gasteiger charge is 2.25. The first-order valence-electron chi connectivity index (χ1n) is 22.7. The van der Waals surface area contributed by atoms with E-state index in [4.69, 9.17) is 24.3 Å². The van der Waals surface area contributed by atoms with Crippen LogP contribution in [0, 0.1) is 0 Å². The van der Waals surface area contributed by atoms with E-state index < -0.39 is 32.5 Å². The number of rotatable bonds is 41. The molecule has 59 heavy (non-hydrogen) atoms. The summed E-state index contributed by atoms with van der Waals surface area (Å²) in [4.78, 5) is 34.9. The van der Waals surface area contributed by atoms with E-state index in [0.29, 0.717) is 12.8 Å². The Labute approximate surface area is 359 Å². The maximum atomic E-state index is 12.6. The lowest BCUT2D eigenvalue weighted by Gasteiger charge is -2.19. The Hall–Kier alpha value is -3.07. The first-order valence-corrected chi connectivity index (χ1v) is 24.2. The number of nitrogens with two attached hydrogens (primary N) is 1. The summed E-state index contributed by atoms with van der Waals surface area (Å²) in [5, 5.41) is 0. The fraction of sp³-hybridized carbons (Fsp3) is 0.633. The fourth-order valence-corrected chi connectivity index (χ4v) is 6.40. The van der Waals surface area contributed by atoms with Gasteiger partial charge in [0.15, 0.2) is 6.10 Å². The van der Waals surface area contributed by atoms with E-state index >= 15 is 0 Å². The molecule has 0 aliphatic rings. The van der Waals surface area contributed by atoms with Gasteiger partial charge in [-0.3, -0.25) is 18.6 Å². The van der Waals surface area contributed by atoms with Gasteiger partial charge in [0.25, 0.3) is 0 Å². The topological polar surface area (TPSA) is 134 Å². The molecule has 0 amide bonds. The highest BCUT2D eigenvalue weighted by Crippen LogP contribution is 2.43. The lowest BCUT2D eigenvalue weighted by atomic mass is 10.1. The van der Waals surface area contributed by atoms with E-state index in [-0.39, 0.29) is 32.6 Å². The molecule has 0 aliphatic carbocycles. The van der Waals surface area contributed by atoms with Crippen LogP contribution in [0.4, 0.5) is 0 Å². The van der Waals surface area contributed by atoms with Crippen molar-refractivity contribution in [3.8, 4) is 0 Å². The van der Waals surface area contributed by atoms with E-state index in [2.05, 4.69) is 98.9 Å². The predicted molar refractivity (Wildman–Crippen MR) is 247 cm³/mol. The Morgan fingerprint density at radius 3 is 1.46 bits per heavy atom. The van der Waals surface area contributed by atoms with Crippen molar-refractivity contribution in [2.45, 2.75) is 174 Å². The summed E-state index contributed by atoms with van der Waals surface area (Å²) in [5.41, 5.74) is 5.35. The zero-order chi connectivity index (χ0) is 43.2. The molecule has 0 saturated carbocycles. The maximum Gasteiger partial charge on any atom is 0.472 e. The molecule has 0 aromatic carbocycles. The monoisotopic (exact) mass is 844 g/mol. The van der Waals surface area contributed by atoms with Gasteiger partial charge in [-0.15, -0.1) is 0 Å². The molecule has 0 aliphatic heterocycles. The standard InChI is InChI=1S/C49H82NO8P/c1-3-5-7-9-11-13-15-17-19-21-23-25-27-29-31-33-35-37-39-41-48(51)55-45-47(46-57-59(53,54)56-44-43-50)58-49(52)42-40-38-36-34-32-30-28-26-24-22-20-18-16-14-12-10-8-6-4-2/h5,7,11-14,17-20,23,25,29,31,35,37,47H,3-4,6,8-10,15-16,21-22,24,26-28,30,32-34,36,38-46,50H2,1-2H3,(H,53,54). The van der Waals surface area contributed by atoms with Crippen LogP contribution >= 0.6 is 7.82 Å². The van der Waals surface area contributed by atoms with Gasteiger partial charge >= 0.3 is 19.8 Å². The summed E-state index contributed by atoms with van der Waals surface area (Å²) in [6.07, 6.45) is 57.3. The van der Waals surface area contributed by atoms with Crippen LogP contribution < -0.4 is 5.73 Å². The van der Waals surface area contributed by atoms with Crippen molar-refractivity contribution in [1.82, 2.24) is 0 Å². The molecule has 0 heterocycles. The summed E-state index contributed by atoms with van der Waals surface area (Å²) in [5.74, 6) is -0.939. The summed E-state index contributed by atoms with van der Waals surface area (Å²) in [7, 11) is -4.40. The number of phosphoric acid groups is 1. The summed E-state index contributed by atoms with van der Waals surface area (Å²) in [6, 6.07) is 0. The Kier molecular flexibility index (Phi) is 42.2. The van der Waals surface area contributed by atoms with Gasteiger partial charge < -0.3 is 20.1 Å². The molecule has 0 rings (SSSR count). The number of unbranched alkanes of at least 4 members (excludes halogenated alkanes) is 12. The maximum absolute atomic E-state index is 12.6. The molecule has 2 atom stereocenters. The minimum atomic E-state index is -4.40. The van der Waals surface area contributed by atoms with E-state index in [1.54, 1.807) is 0 Å². The third kappa shape index (κ3) is 44.3. The lowest BCUT2D eigenvalue weighted by Crippen LogP contribution is -2.29. The number of phosphoric ester groups is 1. The first-order chi connectivity index (χ1) is 28.8. The van der Waals surface area contributed by atoms with Crippen molar-refractivity contribution >= 4 is 19.8 Å². The van der Waals surface area contributed by atoms with Crippen LogP contribution in [-0.2, 0) is 32.7 Å². The second kappa shape index (κ2) is 44.5. The number of hydrogen-bond acceptors (Lipinski definition) is 8. The zero-order valence-corrected chi connectivity index (χ0v) is 37.8. The van der Waals surface area contributed by atoms with Gasteiger partial charge in [-0.2, -0.15) is 0 Å². The van der Waals surface area contributed by atoms with Gasteiger partial charge in [0.1, 0.15) is 6.61 Å².